The molecule has 0 amide bonds. The lowest BCUT2D eigenvalue weighted by atomic mass is 9.88. The van der Waals surface area contributed by atoms with Crippen LogP contribution in [-0.2, 0) is 52.3 Å². The average Bonchev–Trinajstić information content (AvgIpc) is 3.06. The first kappa shape index (κ1) is 51.0. The molecule has 282 valence electrons. The quantitative estimate of drug-likeness (QED) is 0.0314. The van der Waals surface area contributed by atoms with Gasteiger partial charge in [0.25, 0.3) is 0 Å². The van der Waals surface area contributed by atoms with Crippen LogP contribution in [0.15, 0.2) is 0 Å². The van der Waals surface area contributed by atoms with E-state index in [0.717, 1.165) is 24.3 Å². The van der Waals surface area contributed by atoms with Gasteiger partial charge < -0.3 is 37.9 Å². The minimum absolute atomic E-state index is 0. The fourth-order valence-corrected chi connectivity index (χ4v) is 3.95. The topological polar surface area (TPSA) is 125 Å². The Morgan fingerprint density at radius 2 is 0.809 bits per heavy atom. The summed E-state index contributed by atoms with van der Waals surface area (Å²) < 4.78 is 43.1. The molecule has 0 spiro atoms. The van der Waals surface area contributed by atoms with Crippen LogP contribution in [0.5, 0.6) is 0 Å². The molecule has 0 atom stereocenters. The highest BCUT2D eigenvalue weighted by Crippen LogP contribution is 2.24. The number of carbonyl (C=O) groups excluding carboxylic acids is 3. The van der Waals surface area contributed by atoms with Gasteiger partial charge in [-0.25, -0.2) is 0 Å². The second-order valence-electron chi connectivity index (χ2n) is 10.1. The summed E-state index contributed by atoms with van der Waals surface area (Å²) in [6, 6.07) is 0. The van der Waals surface area contributed by atoms with E-state index in [4.69, 9.17) is 37.9 Å². The van der Waals surface area contributed by atoms with Gasteiger partial charge in [0.15, 0.2) is 0 Å². The van der Waals surface area contributed by atoms with Gasteiger partial charge in [0.05, 0.1) is 66.1 Å². The van der Waals surface area contributed by atoms with E-state index in [0.29, 0.717) is 96.3 Å². The van der Waals surface area contributed by atoms with Gasteiger partial charge in [-0.05, 0) is 37.2 Å². The Bertz CT molecular complexity index is 624. The summed E-state index contributed by atoms with van der Waals surface area (Å²) in [6.45, 7) is 9.06. The molecule has 0 aromatic heterocycles. The lowest BCUT2D eigenvalue weighted by Crippen LogP contribution is -2.38. The first-order valence-electron chi connectivity index (χ1n) is 16.1. The van der Waals surface area contributed by atoms with Crippen LogP contribution in [0.4, 0.5) is 0 Å². The fourth-order valence-electron chi connectivity index (χ4n) is 3.38. The van der Waals surface area contributed by atoms with Crippen molar-refractivity contribution < 1.29 is 52.3 Å². The third-order valence-electron chi connectivity index (χ3n) is 6.10. The van der Waals surface area contributed by atoms with E-state index in [1.54, 1.807) is 0 Å². The van der Waals surface area contributed by atoms with Gasteiger partial charge in [-0.2, -0.15) is 50.5 Å². The molecule has 0 saturated carbocycles. The Kier molecular flexibility index (Phi) is 43.4. The van der Waals surface area contributed by atoms with Crippen LogP contribution in [0.1, 0.15) is 72.6 Å². The SMILES string of the molecule is C.CCCCC(=O)OCCOCC(CC)(COCCOC(=O)CCCS)COCCOC(=O)CCCS.SCCOCCOCCS. The number of ether oxygens (including phenoxy) is 8. The van der Waals surface area contributed by atoms with Crippen LogP contribution in [0.2, 0.25) is 0 Å². The van der Waals surface area contributed by atoms with Gasteiger partial charge in [0.1, 0.15) is 19.8 Å². The van der Waals surface area contributed by atoms with Gasteiger partial charge in [-0.15, -0.1) is 0 Å². The van der Waals surface area contributed by atoms with Crippen LogP contribution in [-0.4, -0.2) is 127 Å². The molecule has 0 fully saturated rings. The molecule has 0 N–H and O–H groups in total. The Morgan fingerprint density at radius 3 is 1.11 bits per heavy atom. The van der Waals surface area contributed by atoms with Crippen molar-refractivity contribution in [1.29, 1.82) is 0 Å². The molecule has 15 heteroatoms. The molecule has 0 rings (SSSR count). The molecule has 0 aromatic carbocycles. The summed E-state index contributed by atoms with van der Waals surface area (Å²) in [5.74, 6) is 2.06. The van der Waals surface area contributed by atoms with Gasteiger partial charge >= 0.3 is 17.9 Å². The van der Waals surface area contributed by atoms with Crippen molar-refractivity contribution in [3.05, 3.63) is 0 Å². The third-order valence-corrected chi connectivity index (χ3v) is 7.10. The second-order valence-corrected chi connectivity index (χ2v) is 11.9. The molecular weight excluding hydrogens is 689 g/mol. The van der Waals surface area contributed by atoms with Crippen molar-refractivity contribution in [3.8, 4) is 0 Å². The summed E-state index contributed by atoms with van der Waals surface area (Å²) in [5.41, 5.74) is -0.460. The smallest absolute Gasteiger partial charge is 0.305 e. The summed E-state index contributed by atoms with van der Waals surface area (Å²) in [4.78, 5) is 34.9. The Balaban J connectivity index is -0.00000151. The van der Waals surface area contributed by atoms with Crippen LogP contribution >= 0.6 is 50.5 Å². The zero-order chi connectivity index (χ0) is 34.6. The van der Waals surface area contributed by atoms with Crippen molar-refractivity contribution in [2.24, 2.45) is 5.41 Å². The van der Waals surface area contributed by atoms with Gasteiger partial charge in [-0.3, -0.25) is 14.4 Å². The van der Waals surface area contributed by atoms with Crippen molar-refractivity contribution in [1.82, 2.24) is 0 Å². The van der Waals surface area contributed by atoms with Gasteiger partial charge in [0, 0.05) is 36.2 Å². The Labute approximate surface area is 306 Å². The lowest BCUT2D eigenvalue weighted by Gasteiger charge is -2.32. The molecule has 0 unspecified atom stereocenters. The summed E-state index contributed by atoms with van der Waals surface area (Å²) >= 11 is 16.1. The lowest BCUT2D eigenvalue weighted by molar-refractivity contribution is -0.147. The molecule has 0 bridgehead atoms. The van der Waals surface area contributed by atoms with Gasteiger partial charge in [0.2, 0.25) is 0 Å². The number of thiol groups is 4. The minimum atomic E-state index is -0.460. The molecule has 0 aliphatic heterocycles. The highest BCUT2D eigenvalue weighted by Gasteiger charge is 2.30. The monoisotopic (exact) mass is 752 g/mol. The number of esters is 3. The van der Waals surface area contributed by atoms with Crippen LogP contribution < -0.4 is 0 Å². The van der Waals surface area contributed by atoms with Crippen LogP contribution in [0, 0.1) is 5.41 Å². The Hall–Kier alpha value is -0.390. The molecule has 0 aliphatic carbocycles. The van der Waals surface area contributed by atoms with E-state index in [1.807, 2.05) is 13.8 Å². The van der Waals surface area contributed by atoms with E-state index < -0.39 is 5.41 Å². The average molecular weight is 753 g/mol. The summed E-state index contributed by atoms with van der Waals surface area (Å²) in [6.07, 6.45) is 4.89. The Morgan fingerprint density at radius 1 is 0.468 bits per heavy atom. The number of carbonyl (C=O) groups is 3. The number of hydrogen-bond donors (Lipinski definition) is 4. The van der Waals surface area contributed by atoms with Crippen molar-refractivity contribution in [2.75, 3.05) is 109 Å². The largest absolute Gasteiger partial charge is 0.463 e. The van der Waals surface area contributed by atoms with E-state index in [9.17, 15) is 14.4 Å². The number of unbranched alkanes of at least 4 members (excludes halogenated alkanes) is 1. The van der Waals surface area contributed by atoms with Crippen LogP contribution in [0.25, 0.3) is 0 Å². The predicted octanol–water partition coefficient (Wildman–Crippen LogP) is 5.19. The molecule has 0 aliphatic rings. The highest BCUT2D eigenvalue weighted by molar-refractivity contribution is 7.80. The molecular formula is C32H64O11S4. The fraction of sp³-hybridized carbons (Fsp3) is 0.906. The molecule has 0 aromatic rings. The predicted molar refractivity (Wildman–Crippen MR) is 200 cm³/mol. The van der Waals surface area contributed by atoms with Crippen molar-refractivity contribution >= 4 is 68.4 Å². The van der Waals surface area contributed by atoms with E-state index in [2.05, 4.69) is 50.5 Å². The van der Waals surface area contributed by atoms with Crippen molar-refractivity contribution in [3.63, 3.8) is 0 Å². The number of hydrogen-bond acceptors (Lipinski definition) is 15. The first-order valence-corrected chi connectivity index (χ1v) is 18.7. The van der Waals surface area contributed by atoms with E-state index in [1.165, 1.54) is 0 Å². The zero-order valence-electron chi connectivity index (χ0n) is 28.0. The van der Waals surface area contributed by atoms with E-state index in [-0.39, 0.29) is 65.0 Å². The standard InChI is InChI=1S/C25H46O9S2.C6H14O2S2.CH4/c1-3-5-8-22(26)32-14-11-29-19-25(4-2,20-30-12-15-33-23(27)9-6-17-35)21-31-13-16-34-24(28)10-7-18-36;9-5-3-7-1-2-8-4-6-10;/h35-36H,3-21H2,1-2H3;9-10H,1-6H2;1H4. The maximum Gasteiger partial charge on any atom is 0.305 e. The third kappa shape index (κ3) is 36.7. The van der Waals surface area contributed by atoms with Crippen LogP contribution in [0.3, 0.4) is 0 Å². The maximum absolute atomic E-state index is 11.6. The second kappa shape index (κ2) is 40.0. The maximum atomic E-state index is 11.6. The summed E-state index contributed by atoms with van der Waals surface area (Å²) in [7, 11) is 0. The van der Waals surface area contributed by atoms with E-state index >= 15 is 0 Å². The molecule has 0 radical (unpaired) electrons. The first-order chi connectivity index (χ1) is 22.3. The highest BCUT2D eigenvalue weighted by atomic mass is 32.1. The normalized spacial score (nSPS) is 10.9. The minimum Gasteiger partial charge on any atom is -0.463 e. The van der Waals surface area contributed by atoms with Gasteiger partial charge in [-0.1, -0.05) is 27.7 Å². The number of rotatable bonds is 32. The van der Waals surface area contributed by atoms with Crippen molar-refractivity contribution in [2.45, 2.75) is 72.6 Å². The summed E-state index contributed by atoms with van der Waals surface area (Å²) in [5, 5.41) is 0. The molecule has 0 heterocycles. The molecule has 0 saturated heterocycles. The molecule has 11 nitrogen and oxygen atoms in total. The molecule has 47 heavy (non-hydrogen) atoms. The zero-order valence-corrected chi connectivity index (χ0v) is 31.5.